The summed E-state index contributed by atoms with van der Waals surface area (Å²) in [6.07, 6.45) is 6.66. The van der Waals surface area contributed by atoms with Crippen molar-refractivity contribution in [1.29, 1.82) is 5.26 Å². The molecule has 2 aromatic rings. The van der Waals surface area contributed by atoms with Crippen LogP contribution in [0.25, 0.3) is 0 Å². The minimum Gasteiger partial charge on any atom is -0.355 e. The van der Waals surface area contributed by atoms with E-state index in [-0.39, 0.29) is 11.9 Å². The fourth-order valence-corrected chi connectivity index (χ4v) is 3.92. The van der Waals surface area contributed by atoms with E-state index in [1.54, 1.807) is 30.5 Å². The van der Waals surface area contributed by atoms with Crippen molar-refractivity contribution >= 4 is 18.0 Å². The number of pyridine rings is 1. The van der Waals surface area contributed by atoms with Gasteiger partial charge >= 0.3 is 0 Å². The van der Waals surface area contributed by atoms with E-state index in [1.807, 2.05) is 17.0 Å². The van der Waals surface area contributed by atoms with Crippen molar-refractivity contribution in [3.8, 4) is 6.07 Å². The molecule has 0 saturated carbocycles. The van der Waals surface area contributed by atoms with Crippen molar-refractivity contribution in [2.45, 2.75) is 51.6 Å². The molecule has 0 bridgehead atoms. The molecule has 1 aromatic carbocycles. The molecule has 0 radical (unpaired) electrons. The van der Waals surface area contributed by atoms with Gasteiger partial charge in [0, 0.05) is 43.9 Å². The lowest BCUT2D eigenvalue weighted by molar-refractivity contribution is -0.134. The molecule has 0 aliphatic carbocycles. The highest BCUT2D eigenvalue weighted by atomic mass is 16.2. The second kappa shape index (κ2) is 10.5. The zero-order valence-electron chi connectivity index (χ0n) is 17.5. The first-order valence-electron chi connectivity index (χ1n) is 10.6. The fraction of sp³-hybridized carbons (Fsp3) is 0.417. The van der Waals surface area contributed by atoms with Crippen LogP contribution in [0.15, 0.2) is 42.6 Å². The molecule has 156 valence electrons. The van der Waals surface area contributed by atoms with Crippen LogP contribution in [0.3, 0.4) is 0 Å². The van der Waals surface area contributed by atoms with Gasteiger partial charge < -0.3 is 9.80 Å². The number of hydrogen-bond donors (Lipinski definition) is 0. The summed E-state index contributed by atoms with van der Waals surface area (Å²) in [5.41, 5.74) is 2.26. The van der Waals surface area contributed by atoms with Gasteiger partial charge in [-0.05, 0) is 37.0 Å². The molecule has 2 heterocycles. The van der Waals surface area contributed by atoms with Gasteiger partial charge in [0.05, 0.1) is 5.56 Å². The molecule has 0 spiro atoms. The lowest BCUT2D eigenvalue weighted by atomic mass is 10.0. The minimum atomic E-state index is 0.158. The second-order valence-electron chi connectivity index (χ2n) is 7.69. The van der Waals surface area contributed by atoms with E-state index in [2.05, 4.69) is 22.9 Å². The molecule has 1 fully saturated rings. The monoisotopic (exact) mass is 404 g/mol. The zero-order chi connectivity index (χ0) is 21.3. The van der Waals surface area contributed by atoms with E-state index >= 15 is 0 Å². The summed E-state index contributed by atoms with van der Waals surface area (Å²) in [6, 6.07) is 13.4. The number of hydrogen-bond acceptors (Lipinski definition) is 5. The maximum atomic E-state index is 13.0. The Morgan fingerprint density at radius 3 is 2.63 bits per heavy atom. The van der Waals surface area contributed by atoms with Crippen LogP contribution >= 0.6 is 0 Å². The van der Waals surface area contributed by atoms with Crippen molar-refractivity contribution in [3.63, 3.8) is 0 Å². The number of amides is 1. The number of anilines is 1. The van der Waals surface area contributed by atoms with Gasteiger partial charge in [-0.1, -0.05) is 37.6 Å². The summed E-state index contributed by atoms with van der Waals surface area (Å²) in [5, 5.41) is 9.35. The van der Waals surface area contributed by atoms with Crippen LogP contribution < -0.4 is 4.90 Å². The molecule has 30 heavy (non-hydrogen) atoms. The summed E-state index contributed by atoms with van der Waals surface area (Å²) in [5.74, 6) is 0.914. The molecule has 0 N–H and O–H groups in total. The number of nitrogens with zero attached hydrogens (tertiary/aromatic N) is 4. The van der Waals surface area contributed by atoms with Gasteiger partial charge in [-0.15, -0.1) is 0 Å². The summed E-state index contributed by atoms with van der Waals surface area (Å²) in [6.45, 7) is 4.17. The van der Waals surface area contributed by atoms with E-state index in [0.29, 0.717) is 24.1 Å². The first-order chi connectivity index (χ1) is 14.7. The first kappa shape index (κ1) is 21.5. The molecule has 0 atom stereocenters. The molecule has 3 rings (SSSR count). The average Bonchev–Trinajstić information content (AvgIpc) is 2.81. The van der Waals surface area contributed by atoms with Gasteiger partial charge in [0.2, 0.25) is 5.91 Å². The molecule has 1 saturated heterocycles. The SMILES string of the molecule is CCCCC(=O)N(Cc1ccc(C=O)cc1)C1CCN(c2ncccc2C#N)CC1. The van der Waals surface area contributed by atoms with E-state index in [4.69, 9.17) is 0 Å². The van der Waals surface area contributed by atoms with Crippen LogP contribution in [0.4, 0.5) is 5.82 Å². The molecule has 1 aromatic heterocycles. The Bertz CT molecular complexity index is 896. The fourth-order valence-electron chi connectivity index (χ4n) is 3.92. The first-order valence-corrected chi connectivity index (χ1v) is 10.6. The van der Waals surface area contributed by atoms with Crippen LogP contribution in [0, 0.1) is 11.3 Å². The van der Waals surface area contributed by atoms with Gasteiger partial charge in [-0.3, -0.25) is 9.59 Å². The Labute approximate surface area is 178 Å². The minimum absolute atomic E-state index is 0.158. The van der Waals surface area contributed by atoms with E-state index in [0.717, 1.165) is 56.4 Å². The van der Waals surface area contributed by atoms with Crippen molar-refractivity contribution in [2.24, 2.45) is 0 Å². The Hall–Kier alpha value is -3.20. The summed E-state index contributed by atoms with van der Waals surface area (Å²) < 4.78 is 0. The maximum Gasteiger partial charge on any atom is 0.223 e. The number of carbonyl (C=O) groups excluding carboxylic acids is 2. The standard InChI is InChI=1S/C24H28N4O2/c1-2-3-6-23(30)28(17-19-7-9-20(18-29)10-8-19)22-11-14-27(15-12-22)24-21(16-25)5-4-13-26-24/h4-5,7-10,13,18,22H,2-3,6,11-12,14-15,17H2,1H3. The molecule has 1 aliphatic rings. The number of nitriles is 1. The molecular formula is C24H28N4O2. The Kier molecular flexibility index (Phi) is 7.56. The summed E-state index contributed by atoms with van der Waals surface area (Å²) in [4.78, 5) is 32.4. The predicted octanol–water partition coefficient (Wildman–Crippen LogP) is 3.95. The van der Waals surface area contributed by atoms with E-state index in [1.165, 1.54) is 0 Å². The van der Waals surface area contributed by atoms with Gasteiger partial charge in [-0.2, -0.15) is 5.26 Å². The number of aldehydes is 1. The molecule has 1 amide bonds. The second-order valence-corrected chi connectivity index (χ2v) is 7.69. The van der Waals surface area contributed by atoms with Crippen LogP contribution in [-0.4, -0.2) is 41.2 Å². The third-order valence-corrected chi connectivity index (χ3v) is 5.65. The van der Waals surface area contributed by atoms with Crippen molar-refractivity contribution in [1.82, 2.24) is 9.88 Å². The van der Waals surface area contributed by atoms with Gasteiger partial charge in [0.1, 0.15) is 18.2 Å². The molecular weight excluding hydrogens is 376 g/mol. The largest absolute Gasteiger partial charge is 0.355 e. The third kappa shape index (κ3) is 5.24. The maximum absolute atomic E-state index is 13.0. The lowest BCUT2D eigenvalue weighted by Gasteiger charge is -2.39. The Morgan fingerprint density at radius 2 is 2.00 bits per heavy atom. The van der Waals surface area contributed by atoms with Gasteiger partial charge in [0.25, 0.3) is 0 Å². The highest BCUT2D eigenvalue weighted by molar-refractivity contribution is 5.77. The summed E-state index contributed by atoms with van der Waals surface area (Å²) >= 11 is 0. The van der Waals surface area contributed by atoms with Crippen molar-refractivity contribution in [3.05, 3.63) is 59.3 Å². The van der Waals surface area contributed by atoms with Crippen LogP contribution in [0.1, 0.15) is 60.5 Å². The van der Waals surface area contributed by atoms with Crippen molar-refractivity contribution < 1.29 is 9.59 Å². The number of rotatable bonds is 8. The number of benzene rings is 1. The van der Waals surface area contributed by atoms with E-state index in [9.17, 15) is 14.9 Å². The number of unbranched alkanes of at least 4 members (excludes halogenated alkanes) is 1. The number of carbonyl (C=O) groups is 2. The normalized spacial score (nSPS) is 14.2. The van der Waals surface area contributed by atoms with E-state index < -0.39 is 0 Å². The molecule has 0 unspecified atom stereocenters. The quantitative estimate of drug-likeness (QED) is 0.623. The van der Waals surface area contributed by atoms with Crippen molar-refractivity contribution in [2.75, 3.05) is 18.0 Å². The lowest BCUT2D eigenvalue weighted by Crippen LogP contribution is -2.47. The number of aromatic nitrogens is 1. The third-order valence-electron chi connectivity index (χ3n) is 5.65. The van der Waals surface area contributed by atoms with Crippen LogP contribution in [0.2, 0.25) is 0 Å². The van der Waals surface area contributed by atoms with Crippen LogP contribution in [-0.2, 0) is 11.3 Å². The zero-order valence-corrected chi connectivity index (χ0v) is 17.5. The van der Waals surface area contributed by atoms with Crippen LogP contribution in [0.5, 0.6) is 0 Å². The van der Waals surface area contributed by atoms with Gasteiger partial charge in [0.15, 0.2) is 0 Å². The molecule has 6 heteroatoms. The highest BCUT2D eigenvalue weighted by Crippen LogP contribution is 2.25. The Balaban J connectivity index is 1.71. The smallest absolute Gasteiger partial charge is 0.223 e. The molecule has 1 aliphatic heterocycles. The Morgan fingerprint density at radius 1 is 1.27 bits per heavy atom. The summed E-state index contributed by atoms with van der Waals surface area (Å²) in [7, 11) is 0. The van der Waals surface area contributed by atoms with Gasteiger partial charge in [-0.25, -0.2) is 4.98 Å². The topological polar surface area (TPSA) is 77.3 Å². The number of piperidine rings is 1. The average molecular weight is 405 g/mol. The highest BCUT2D eigenvalue weighted by Gasteiger charge is 2.29. The molecule has 6 nitrogen and oxygen atoms in total. The predicted molar refractivity (Wildman–Crippen MR) is 116 cm³/mol.